The molecule has 0 aliphatic rings. The van der Waals surface area contributed by atoms with Crippen molar-refractivity contribution in [1.29, 1.82) is 0 Å². The zero-order chi connectivity index (χ0) is 15.4. The minimum absolute atomic E-state index is 0.130. The van der Waals surface area contributed by atoms with Gasteiger partial charge in [0, 0.05) is 18.7 Å². The molecule has 0 spiro atoms. The molecule has 0 amide bonds. The molecule has 0 saturated carbocycles. The fraction of sp³-hybridized carbons (Fsp3) is 0.188. The number of fused-ring (bicyclic) bond motifs is 1. The second kappa shape index (κ2) is 6.46. The molecule has 0 aliphatic heterocycles. The zero-order valence-electron chi connectivity index (χ0n) is 12.0. The van der Waals surface area contributed by atoms with Crippen LogP contribution in [0.1, 0.15) is 5.56 Å². The SMILES string of the molecule is Nc1ncnc2ccc(-c3cccc(CNCCO)c3)nc12. The molecule has 2 aromatic heterocycles. The molecular formula is C16H17N5O. The molecule has 112 valence electrons. The fourth-order valence-corrected chi connectivity index (χ4v) is 2.27. The van der Waals surface area contributed by atoms with Crippen molar-refractivity contribution in [3.05, 3.63) is 48.3 Å². The lowest BCUT2D eigenvalue weighted by Gasteiger charge is -2.07. The maximum Gasteiger partial charge on any atom is 0.153 e. The molecule has 0 saturated heterocycles. The Bertz CT molecular complexity index is 790. The highest BCUT2D eigenvalue weighted by Gasteiger charge is 2.06. The molecule has 0 atom stereocenters. The van der Waals surface area contributed by atoms with Crippen LogP contribution in [-0.2, 0) is 6.54 Å². The average molecular weight is 295 g/mol. The van der Waals surface area contributed by atoms with Crippen LogP contribution in [0.2, 0.25) is 0 Å². The molecule has 0 aliphatic carbocycles. The summed E-state index contributed by atoms with van der Waals surface area (Å²) in [5, 5.41) is 12.0. The first-order valence-corrected chi connectivity index (χ1v) is 7.06. The normalized spacial score (nSPS) is 11.0. The molecule has 0 unspecified atom stereocenters. The van der Waals surface area contributed by atoms with E-state index in [2.05, 4.69) is 26.3 Å². The van der Waals surface area contributed by atoms with Gasteiger partial charge in [-0.25, -0.2) is 15.0 Å². The maximum absolute atomic E-state index is 8.81. The summed E-state index contributed by atoms with van der Waals surface area (Å²) >= 11 is 0. The Hall–Kier alpha value is -2.57. The van der Waals surface area contributed by atoms with Gasteiger partial charge in [-0.2, -0.15) is 0 Å². The van der Waals surface area contributed by atoms with E-state index in [9.17, 15) is 0 Å². The van der Waals surface area contributed by atoms with E-state index in [0.29, 0.717) is 24.4 Å². The van der Waals surface area contributed by atoms with Crippen molar-refractivity contribution in [3.8, 4) is 11.3 Å². The first kappa shape index (κ1) is 14.4. The number of hydrogen-bond donors (Lipinski definition) is 3. The minimum Gasteiger partial charge on any atom is -0.395 e. The molecule has 3 aromatic rings. The van der Waals surface area contributed by atoms with Crippen molar-refractivity contribution in [3.63, 3.8) is 0 Å². The maximum atomic E-state index is 8.81. The Kier molecular flexibility index (Phi) is 4.22. The van der Waals surface area contributed by atoms with Crippen LogP contribution in [0.15, 0.2) is 42.7 Å². The number of aliphatic hydroxyl groups is 1. The predicted octanol–water partition coefficient (Wildman–Crippen LogP) is 1.36. The quantitative estimate of drug-likeness (QED) is 0.615. The van der Waals surface area contributed by atoms with E-state index in [1.807, 2.05) is 30.3 Å². The first-order chi connectivity index (χ1) is 10.8. The molecule has 6 nitrogen and oxygen atoms in total. The van der Waals surface area contributed by atoms with E-state index in [4.69, 9.17) is 10.8 Å². The predicted molar refractivity (Wildman–Crippen MR) is 86.0 cm³/mol. The highest BCUT2D eigenvalue weighted by atomic mass is 16.3. The van der Waals surface area contributed by atoms with E-state index >= 15 is 0 Å². The lowest BCUT2D eigenvalue weighted by Crippen LogP contribution is -2.17. The van der Waals surface area contributed by atoms with Crippen LogP contribution >= 0.6 is 0 Å². The number of benzene rings is 1. The van der Waals surface area contributed by atoms with Crippen LogP contribution in [0.25, 0.3) is 22.3 Å². The number of nitrogen functional groups attached to an aromatic ring is 1. The molecule has 0 bridgehead atoms. The fourth-order valence-electron chi connectivity index (χ4n) is 2.27. The van der Waals surface area contributed by atoms with Gasteiger partial charge in [-0.05, 0) is 23.8 Å². The summed E-state index contributed by atoms with van der Waals surface area (Å²) in [6, 6.07) is 11.9. The van der Waals surface area contributed by atoms with Gasteiger partial charge < -0.3 is 16.2 Å². The standard InChI is InChI=1S/C16H17N5O/c17-16-15-14(19-10-20-16)5-4-13(21-15)12-3-1-2-11(8-12)9-18-6-7-22/h1-5,8,10,18,22H,6-7,9H2,(H2,17,19,20). The van der Waals surface area contributed by atoms with Crippen LogP contribution in [0.4, 0.5) is 5.82 Å². The highest BCUT2D eigenvalue weighted by Crippen LogP contribution is 2.22. The van der Waals surface area contributed by atoms with Crippen LogP contribution in [-0.4, -0.2) is 33.2 Å². The van der Waals surface area contributed by atoms with Gasteiger partial charge in [0.15, 0.2) is 5.82 Å². The summed E-state index contributed by atoms with van der Waals surface area (Å²) in [5.41, 5.74) is 10.2. The number of anilines is 1. The van der Waals surface area contributed by atoms with Crippen LogP contribution in [0.3, 0.4) is 0 Å². The van der Waals surface area contributed by atoms with E-state index in [-0.39, 0.29) is 6.61 Å². The summed E-state index contributed by atoms with van der Waals surface area (Å²) in [6.07, 6.45) is 1.44. The van der Waals surface area contributed by atoms with Gasteiger partial charge in [0.2, 0.25) is 0 Å². The number of aliphatic hydroxyl groups excluding tert-OH is 1. The van der Waals surface area contributed by atoms with Crippen molar-refractivity contribution in [1.82, 2.24) is 20.3 Å². The van der Waals surface area contributed by atoms with Gasteiger partial charge in [-0.15, -0.1) is 0 Å². The number of nitrogens with two attached hydrogens (primary N) is 1. The van der Waals surface area contributed by atoms with Crippen molar-refractivity contribution in [2.24, 2.45) is 0 Å². The third-order valence-corrected chi connectivity index (χ3v) is 3.35. The molecule has 22 heavy (non-hydrogen) atoms. The number of pyridine rings is 1. The lowest BCUT2D eigenvalue weighted by molar-refractivity contribution is 0.292. The number of nitrogens with zero attached hydrogens (tertiary/aromatic N) is 3. The van der Waals surface area contributed by atoms with E-state index < -0.39 is 0 Å². The van der Waals surface area contributed by atoms with Gasteiger partial charge in [0.05, 0.1) is 17.8 Å². The smallest absolute Gasteiger partial charge is 0.153 e. The van der Waals surface area contributed by atoms with Gasteiger partial charge >= 0.3 is 0 Å². The van der Waals surface area contributed by atoms with Gasteiger partial charge in [0.25, 0.3) is 0 Å². The molecular weight excluding hydrogens is 278 g/mol. The molecule has 2 heterocycles. The average Bonchev–Trinajstić information content (AvgIpc) is 2.56. The lowest BCUT2D eigenvalue weighted by atomic mass is 10.1. The number of aromatic nitrogens is 3. The Morgan fingerprint density at radius 3 is 2.91 bits per heavy atom. The minimum atomic E-state index is 0.130. The second-order valence-electron chi connectivity index (χ2n) is 4.92. The summed E-state index contributed by atoms with van der Waals surface area (Å²) < 4.78 is 0. The number of hydrogen-bond acceptors (Lipinski definition) is 6. The Morgan fingerprint density at radius 2 is 2.05 bits per heavy atom. The Labute approximate surface area is 128 Å². The van der Waals surface area contributed by atoms with Gasteiger partial charge in [-0.1, -0.05) is 18.2 Å². The van der Waals surface area contributed by atoms with E-state index in [0.717, 1.165) is 22.3 Å². The largest absolute Gasteiger partial charge is 0.395 e. The van der Waals surface area contributed by atoms with Crippen molar-refractivity contribution in [2.75, 3.05) is 18.9 Å². The van der Waals surface area contributed by atoms with Crippen molar-refractivity contribution < 1.29 is 5.11 Å². The highest BCUT2D eigenvalue weighted by molar-refractivity contribution is 5.85. The summed E-state index contributed by atoms with van der Waals surface area (Å²) in [6.45, 7) is 1.41. The number of rotatable bonds is 5. The Balaban J connectivity index is 1.93. The molecule has 4 N–H and O–H groups in total. The summed E-state index contributed by atoms with van der Waals surface area (Å²) in [4.78, 5) is 12.7. The number of nitrogens with one attached hydrogen (secondary N) is 1. The Morgan fingerprint density at radius 1 is 1.14 bits per heavy atom. The summed E-state index contributed by atoms with van der Waals surface area (Å²) in [5.74, 6) is 0.382. The molecule has 0 radical (unpaired) electrons. The summed E-state index contributed by atoms with van der Waals surface area (Å²) in [7, 11) is 0. The zero-order valence-corrected chi connectivity index (χ0v) is 12.0. The van der Waals surface area contributed by atoms with Crippen molar-refractivity contribution >= 4 is 16.9 Å². The van der Waals surface area contributed by atoms with Gasteiger partial charge in [0.1, 0.15) is 11.8 Å². The van der Waals surface area contributed by atoms with Gasteiger partial charge in [-0.3, -0.25) is 0 Å². The molecule has 6 heteroatoms. The molecule has 0 fully saturated rings. The van der Waals surface area contributed by atoms with Crippen LogP contribution in [0, 0.1) is 0 Å². The van der Waals surface area contributed by atoms with E-state index in [1.54, 1.807) is 0 Å². The third kappa shape index (κ3) is 3.03. The third-order valence-electron chi connectivity index (χ3n) is 3.35. The van der Waals surface area contributed by atoms with Crippen molar-refractivity contribution in [2.45, 2.75) is 6.54 Å². The van der Waals surface area contributed by atoms with E-state index in [1.165, 1.54) is 6.33 Å². The first-order valence-electron chi connectivity index (χ1n) is 7.06. The second-order valence-corrected chi connectivity index (χ2v) is 4.92. The molecule has 3 rings (SSSR count). The van der Waals surface area contributed by atoms with Crippen LogP contribution in [0.5, 0.6) is 0 Å². The topological polar surface area (TPSA) is 97.0 Å². The molecule has 1 aromatic carbocycles. The monoisotopic (exact) mass is 295 g/mol. The van der Waals surface area contributed by atoms with Crippen LogP contribution < -0.4 is 11.1 Å².